The molecule has 0 bridgehead atoms. The third-order valence-electron chi connectivity index (χ3n) is 4.02. The van der Waals surface area contributed by atoms with Crippen molar-refractivity contribution in [1.82, 2.24) is 4.72 Å². The zero-order valence-corrected chi connectivity index (χ0v) is 19.3. The summed E-state index contributed by atoms with van der Waals surface area (Å²) in [6.45, 7) is 8.06. The number of benzene rings is 2. The van der Waals surface area contributed by atoms with E-state index in [2.05, 4.69) is 10.0 Å². The molecule has 0 radical (unpaired) electrons. The van der Waals surface area contributed by atoms with Crippen LogP contribution in [0, 0.1) is 12.7 Å². The molecule has 1 amide bonds. The van der Waals surface area contributed by atoms with Crippen molar-refractivity contribution in [2.24, 2.45) is 0 Å². The molecule has 2 aromatic rings. The number of rotatable bonds is 6. The second kappa shape index (κ2) is 9.33. The van der Waals surface area contributed by atoms with Gasteiger partial charge in [0.05, 0.1) is 21.2 Å². The zero-order chi connectivity index (χ0) is 23.6. The highest BCUT2D eigenvalue weighted by atomic mass is 35.5. The number of halogens is 2. The monoisotopic (exact) mass is 470 g/mol. The van der Waals surface area contributed by atoms with Crippen LogP contribution in [-0.2, 0) is 19.6 Å². The first-order valence-corrected chi connectivity index (χ1v) is 11.2. The van der Waals surface area contributed by atoms with Crippen molar-refractivity contribution in [3.63, 3.8) is 0 Å². The van der Waals surface area contributed by atoms with E-state index in [0.717, 1.165) is 12.1 Å². The highest BCUT2D eigenvalue weighted by molar-refractivity contribution is 7.89. The summed E-state index contributed by atoms with van der Waals surface area (Å²) < 4.78 is 46.0. The normalized spacial score (nSPS) is 12.9. The van der Waals surface area contributed by atoms with Crippen LogP contribution in [-0.4, -0.2) is 31.9 Å². The minimum absolute atomic E-state index is 0.00743. The van der Waals surface area contributed by atoms with E-state index in [-0.39, 0.29) is 21.2 Å². The Morgan fingerprint density at radius 2 is 1.77 bits per heavy atom. The van der Waals surface area contributed by atoms with Gasteiger partial charge in [-0.2, -0.15) is 0 Å². The molecule has 2 N–H and O–H groups in total. The minimum Gasteiger partial charge on any atom is -0.449 e. The van der Waals surface area contributed by atoms with E-state index in [1.807, 2.05) is 0 Å². The van der Waals surface area contributed by atoms with Crippen LogP contribution >= 0.6 is 11.6 Å². The van der Waals surface area contributed by atoms with E-state index in [1.165, 1.54) is 31.2 Å². The molecule has 0 aliphatic carbocycles. The van der Waals surface area contributed by atoms with Crippen molar-refractivity contribution in [3.05, 3.63) is 58.4 Å². The van der Waals surface area contributed by atoms with Gasteiger partial charge in [0.25, 0.3) is 5.91 Å². The van der Waals surface area contributed by atoms with Crippen molar-refractivity contribution in [3.8, 4) is 0 Å². The van der Waals surface area contributed by atoms with E-state index < -0.39 is 39.4 Å². The summed E-state index contributed by atoms with van der Waals surface area (Å²) in [6, 6.07) is 7.51. The fraction of sp³-hybridized carbons (Fsp3) is 0.333. The Kier molecular flexibility index (Phi) is 7.46. The molecule has 10 heteroatoms. The SMILES string of the molecule is Cc1ccc(S(=O)(=O)NC(C)(C)C)cc1C(=O)OC(C)C(=O)Nc1ccc(F)cc1Cl. The van der Waals surface area contributed by atoms with Crippen LogP contribution in [0.25, 0.3) is 0 Å². The average Bonchev–Trinajstić information content (AvgIpc) is 2.62. The summed E-state index contributed by atoms with van der Waals surface area (Å²) in [6.07, 6.45) is -1.22. The third kappa shape index (κ3) is 6.75. The van der Waals surface area contributed by atoms with Crippen LogP contribution in [0.15, 0.2) is 41.3 Å². The molecule has 0 aliphatic heterocycles. The molecular weight excluding hydrogens is 447 g/mol. The molecule has 7 nitrogen and oxygen atoms in total. The van der Waals surface area contributed by atoms with Crippen LogP contribution in [0.2, 0.25) is 5.02 Å². The van der Waals surface area contributed by atoms with Gasteiger partial charge in [-0.25, -0.2) is 22.3 Å². The van der Waals surface area contributed by atoms with Crippen LogP contribution in [0.3, 0.4) is 0 Å². The molecule has 31 heavy (non-hydrogen) atoms. The summed E-state index contributed by atoms with van der Waals surface area (Å²) in [5, 5.41) is 2.44. The van der Waals surface area contributed by atoms with Crippen molar-refractivity contribution >= 4 is 39.2 Å². The Hall–Kier alpha value is -2.49. The second-order valence-corrected chi connectivity index (χ2v) is 10.1. The highest BCUT2D eigenvalue weighted by Crippen LogP contribution is 2.23. The molecule has 0 saturated heterocycles. The van der Waals surface area contributed by atoms with Crippen molar-refractivity contribution in [2.75, 3.05) is 5.32 Å². The van der Waals surface area contributed by atoms with Gasteiger partial charge in [0.1, 0.15) is 5.82 Å². The first-order chi connectivity index (χ1) is 14.2. The lowest BCUT2D eigenvalue weighted by Gasteiger charge is -2.21. The van der Waals surface area contributed by atoms with Gasteiger partial charge in [0.2, 0.25) is 10.0 Å². The smallest absolute Gasteiger partial charge is 0.339 e. The number of hydrogen-bond donors (Lipinski definition) is 2. The topological polar surface area (TPSA) is 102 Å². The van der Waals surface area contributed by atoms with Crippen molar-refractivity contribution in [1.29, 1.82) is 0 Å². The number of anilines is 1. The average molecular weight is 471 g/mol. The van der Waals surface area contributed by atoms with Gasteiger partial charge in [-0.1, -0.05) is 17.7 Å². The lowest BCUT2D eigenvalue weighted by Crippen LogP contribution is -2.40. The molecule has 0 saturated carbocycles. The van der Waals surface area contributed by atoms with Gasteiger partial charge in [0.15, 0.2) is 6.10 Å². The molecule has 0 aliphatic rings. The summed E-state index contributed by atoms with van der Waals surface area (Å²) in [4.78, 5) is 24.9. The second-order valence-electron chi connectivity index (χ2n) is 7.99. The van der Waals surface area contributed by atoms with Crippen LogP contribution in [0.4, 0.5) is 10.1 Å². The predicted molar refractivity (Wildman–Crippen MR) is 116 cm³/mol. The molecule has 1 unspecified atom stereocenters. The van der Waals surface area contributed by atoms with Gasteiger partial charge in [0, 0.05) is 5.54 Å². The van der Waals surface area contributed by atoms with Gasteiger partial charge < -0.3 is 10.1 Å². The largest absolute Gasteiger partial charge is 0.449 e. The molecule has 2 rings (SSSR count). The van der Waals surface area contributed by atoms with Crippen LogP contribution < -0.4 is 10.0 Å². The molecular formula is C21H24ClFN2O5S. The number of sulfonamides is 1. The number of amides is 1. The molecule has 1 atom stereocenters. The maximum Gasteiger partial charge on any atom is 0.339 e. The van der Waals surface area contributed by atoms with E-state index in [9.17, 15) is 22.4 Å². The quantitative estimate of drug-likeness (QED) is 0.620. The van der Waals surface area contributed by atoms with Crippen LogP contribution in [0.5, 0.6) is 0 Å². The number of nitrogens with one attached hydrogen (secondary N) is 2. The lowest BCUT2D eigenvalue weighted by molar-refractivity contribution is -0.123. The van der Waals surface area contributed by atoms with Gasteiger partial charge in [-0.05, 0) is 70.5 Å². The number of carbonyl (C=O) groups excluding carboxylic acids is 2. The molecule has 2 aromatic carbocycles. The maximum absolute atomic E-state index is 13.1. The minimum atomic E-state index is -3.87. The number of carbonyl (C=O) groups is 2. The molecule has 168 valence electrons. The zero-order valence-electron chi connectivity index (χ0n) is 17.7. The Labute approximate surface area is 186 Å². The predicted octanol–water partition coefficient (Wildman–Crippen LogP) is 4.05. The fourth-order valence-corrected chi connectivity index (χ4v) is 4.21. The Bertz CT molecular complexity index is 1110. The Morgan fingerprint density at radius 3 is 2.35 bits per heavy atom. The summed E-state index contributed by atoms with van der Waals surface area (Å²) >= 11 is 5.88. The number of esters is 1. The number of ether oxygens (including phenoxy) is 1. The third-order valence-corrected chi connectivity index (χ3v) is 6.09. The molecule has 0 aromatic heterocycles. The summed E-state index contributed by atoms with van der Waals surface area (Å²) in [5.41, 5.74) is -0.0582. The van der Waals surface area contributed by atoms with Crippen molar-refractivity contribution in [2.45, 2.75) is 51.2 Å². The van der Waals surface area contributed by atoms with E-state index in [4.69, 9.17) is 16.3 Å². The molecule has 0 fully saturated rings. The van der Waals surface area contributed by atoms with E-state index >= 15 is 0 Å². The molecule has 0 spiro atoms. The molecule has 0 heterocycles. The standard InChI is InChI=1S/C21H24ClFN2O5S/c1-12-6-8-15(31(28,29)25-21(3,4)5)11-16(12)20(27)30-13(2)19(26)24-18-9-7-14(23)10-17(18)22/h6-11,13,25H,1-5H3,(H,24,26). The van der Waals surface area contributed by atoms with Gasteiger partial charge in [-0.3, -0.25) is 4.79 Å². The van der Waals surface area contributed by atoms with E-state index in [0.29, 0.717) is 5.56 Å². The van der Waals surface area contributed by atoms with Gasteiger partial charge >= 0.3 is 5.97 Å². The lowest BCUT2D eigenvalue weighted by atomic mass is 10.1. The van der Waals surface area contributed by atoms with Crippen LogP contribution in [0.1, 0.15) is 43.6 Å². The highest BCUT2D eigenvalue weighted by Gasteiger charge is 2.25. The Balaban J connectivity index is 2.18. The first kappa shape index (κ1) is 24.8. The first-order valence-electron chi connectivity index (χ1n) is 9.31. The number of hydrogen-bond acceptors (Lipinski definition) is 5. The maximum atomic E-state index is 13.1. The summed E-state index contributed by atoms with van der Waals surface area (Å²) in [5.74, 6) is -2.11. The summed E-state index contributed by atoms with van der Waals surface area (Å²) in [7, 11) is -3.87. The fourth-order valence-electron chi connectivity index (χ4n) is 2.55. The van der Waals surface area contributed by atoms with E-state index in [1.54, 1.807) is 27.7 Å². The van der Waals surface area contributed by atoms with Gasteiger partial charge in [-0.15, -0.1) is 0 Å². The Morgan fingerprint density at radius 1 is 1.13 bits per heavy atom. The van der Waals surface area contributed by atoms with Crippen molar-refractivity contribution < 1.29 is 27.1 Å². The number of aryl methyl sites for hydroxylation is 1.